The highest BCUT2D eigenvalue weighted by molar-refractivity contribution is 7.10. The summed E-state index contributed by atoms with van der Waals surface area (Å²) in [5.74, 6) is -0.00285. The lowest BCUT2D eigenvalue weighted by Crippen LogP contribution is -2.49. The summed E-state index contributed by atoms with van der Waals surface area (Å²) in [5.41, 5.74) is 1.52. The number of benzene rings is 1. The molecule has 0 radical (unpaired) electrons. The van der Waals surface area contributed by atoms with Gasteiger partial charge in [0.15, 0.2) is 10.7 Å². The number of para-hydroxylation sites is 1. The zero-order valence-corrected chi connectivity index (χ0v) is 18.4. The average Bonchev–Trinajstić information content (AvgIpc) is 3.23. The van der Waals surface area contributed by atoms with Crippen molar-refractivity contribution in [2.45, 2.75) is 18.9 Å². The van der Waals surface area contributed by atoms with E-state index < -0.39 is 6.03 Å². The average molecular weight is 471 g/mol. The van der Waals surface area contributed by atoms with E-state index in [1.807, 2.05) is 10.6 Å². The number of nitrogens with one attached hydrogen (secondary N) is 2. The van der Waals surface area contributed by atoms with E-state index in [0.29, 0.717) is 30.3 Å². The minimum atomic E-state index is -0.540. The number of urea groups is 1. The number of anilines is 2. The normalized spacial score (nSPS) is 19.2. The number of hydrogen-bond acceptors (Lipinski definition) is 6. The smallest absolute Gasteiger partial charge is 0.324 e. The maximum absolute atomic E-state index is 13.3. The second-order valence-electron chi connectivity index (χ2n) is 7.92. The molecule has 5 rings (SSSR count). The van der Waals surface area contributed by atoms with E-state index >= 15 is 0 Å². The van der Waals surface area contributed by atoms with E-state index in [-0.39, 0.29) is 34.0 Å². The van der Waals surface area contributed by atoms with Crippen LogP contribution in [0.4, 0.5) is 15.5 Å². The van der Waals surface area contributed by atoms with Crippen molar-refractivity contribution in [3.05, 3.63) is 69.2 Å². The molecular weight excluding hydrogens is 452 g/mol. The number of nitrogens with zero attached hydrogens (tertiary/aromatic N) is 4. The number of likely N-dealkylation sites (tertiary alicyclic amines) is 1. The molecule has 1 fully saturated rings. The molecule has 0 unspecified atom stereocenters. The lowest BCUT2D eigenvalue weighted by molar-refractivity contribution is 0.0590. The molecule has 32 heavy (non-hydrogen) atoms. The summed E-state index contributed by atoms with van der Waals surface area (Å²) in [6.45, 7) is 1.61. The molecule has 2 bridgehead atoms. The lowest BCUT2D eigenvalue weighted by atomic mass is 9.83. The van der Waals surface area contributed by atoms with Crippen LogP contribution in [0, 0.1) is 5.92 Å². The standard InChI is InChI=1S/C21H19ClN6O3S/c22-14-4-1-2-5-15(14)23-21(31)24-19-18(25-26-32-19)20(30)27-9-12-8-13(11-27)16-6-3-7-17(29)28(16)10-12/h1-7,12-13H,8-11H2,(H2,23,24,31)/t12-,13-/m0/s1. The molecule has 0 spiro atoms. The highest BCUT2D eigenvalue weighted by Crippen LogP contribution is 2.36. The first-order valence-electron chi connectivity index (χ1n) is 10.1. The van der Waals surface area contributed by atoms with Crippen LogP contribution in [0.2, 0.25) is 5.02 Å². The fraction of sp³-hybridized carbons (Fsp3) is 0.286. The molecule has 3 aromatic rings. The number of carbonyl (C=O) groups is 2. The summed E-state index contributed by atoms with van der Waals surface area (Å²) in [5, 5.41) is 9.95. The van der Waals surface area contributed by atoms with Crippen molar-refractivity contribution < 1.29 is 9.59 Å². The summed E-state index contributed by atoms with van der Waals surface area (Å²) in [7, 11) is 0. The lowest BCUT2D eigenvalue weighted by Gasteiger charge is -2.42. The van der Waals surface area contributed by atoms with Gasteiger partial charge in [0.2, 0.25) is 0 Å². The Morgan fingerprint density at radius 1 is 1.06 bits per heavy atom. The number of halogens is 1. The maximum Gasteiger partial charge on any atom is 0.324 e. The Bertz CT molecular complexity index is 1260. The van der Waals surface area contributed by atoms with Crippen LogP contribution in [0.5, 0.6) is 0 Å². The van der Waals surface area contributed by atoms with E-state index in [0.717, 1.165) is 23.6 Å². The van der Waals surface area contributed by atoms with Crippen molar-refractivity contribution >= 4 is 45.8 Å². The van der Waals surface area contributed by atoms with Gasteiger partial charge in [-0.25, -0.2) is 4.79 Å². The number of pyridine rings is 1. The molecule has 0 aliphatic carbocycles. The molecule has 2 aromatic heterocycles. The second-order valence-corrected chi connectivity index (χ2v) is 9.08. The maximum atomic E-state index is 13.3. The van der Waals surface area contributed by atoms with E-state index in [1.165, 1.54) is 0 Å². The second kappa shape index (κ2) is 8.36. The van der Waals surface area contributed by atoms with E-state index in [9.17, 15) is 14.4 Å². The summed E-state index contributed by atoms with van der Waals surface area (Å²) in [6.07, 6.45) is 0.938. The molecule has 2 N–H and O–H groups in total. The summed E-state index contributed by atoms with van der Waals surface area (Å²) in [4.78, 5) is 39.6. The van der Waals surface area contributed by atoms with Gasteiger partial charge in [-0.15, -0.1) is 5.10 Å². The van der Waals surface area contributed by atoms with Crippen molar-refractivity contribution in [2.24, 2.45) is 5.92 Å². The highest BCUT2D eigenvalue weighted by atomic mass is 35.5. The molecule has 1 aromatic carbocycles. The first-order chi connectivity index (χ1) is 15.5. The SMILES string of the molecule is O=C(Nc1ccccc1Cl)Nc1snnc1C(=O)N1C[C@@H]2C[C@@H](C1)c1cccc(=O)n1C2. The fourth-order valence-corrected chi connectivity index (χ4v) is 5.18. The van der Waals surface area contributed by atoms with Gasteiger partial charge in [0.1, 0.15) is 0 Å². The van der Waals surface area contributed by atoms with E-state index in [1.54, 1.807) is 41.3 Å². The van der Waals surface area contributed by atoms with E-state index in [4.69, 9.17) is 11.6 Å². The van der Waals surface area contributed by atoms with Gasteiger partial charge in [-0.05, 0) is 30.5 Å². The Morgan fingerprint density at radius 3 is 2.75 bits per heavy atom. The minimum Gasteiger partial charge on any atom is -0.336 e. The molecule has 2 aliphatic heterocycles. The van der Waals surface area contributed by atoms with Gasteiger partial charge < -0.3 is 14.8 Å². The predicted molar refractivity (Wildman–Crippen MR) is 121 cm³/mol. The highest BCUT2D eigenvalue weighted by Gasteiger charge is 2.37. The van der Waals surface area contributed by atoms with Gasteiger partial charge in [0.25, 0.3) is 11.5 Å². The first kappa shape index (κ1) is 20.7. The van der Waals surface area contributed by atoms with Gasteiger partial charge in [0.05, 0.1) is 10.7 Å². The van der Waals surface area contributed by atoms with E-state index in [2.05, 4.69) is 20.2 Å². The number of amides is 3. The molecule has 4 heterocycles. The van der Waals surface area contributed by atoms with Crippen molar-refractivity contribution in [3.63, 3.8) is 0 Å². The topological polar surface area (TPSA) is 109 Å². The molecule has 2 atom stereocenters. The first-order valence-corrected chi connectivity index (χ1v) is 11.3. The fourth-order valence-electron chi connectivity index (χ4n) is 4.44. The summed E-state index contributed by atoms with van der Waals surface area (Å²) >= 11 is 7.02. The minimum absolute atomic E-state index is 0.00306. The molecule has 0 saturated carbocycles. The number of carbonyl (C=O) groups excluding carboxylic acids is 2. The summed E-state index contributed by atoms with van der Waals surface area (Å²) < 4.78 is 5.68. The van der Waals surface area contributed by atoms with Crippen molar-refractivity contribution in [2.75, 3.05) is 23.7 Å². The van der Waals surface area contributed by atoms with Crippen LogP contribution in [0.15, 0.2) is 47.3 Å². The molecule has 1 saturated heterocycles. The zero-order chi connectivity index (χ0) is 22.2. The Labute approximate surface area is 192 Å². The van der Waals surface area contributed by atoms with Crippen molar-refractivity contribution in [1.29, 1.82) is 0 Å². The number of fused-ring (bicyclic) bond motifs is 4. The van der Waals surface area contributed by atoms with Gasteiger partial charge in [-0.3, -0.25) is 14.9 Å². The molecular formula is C21H19ClN6O3S. The van der Waals surface area contributed by atoms with Gasteiger partial charge in [0, 0.05) is 48.8 Å². The van der Waals surface area contributed by atoms with Crippen LogP contribution in [0.1, 0.15) is 28.5 Å². The van der Waals surface area contributed by atoms with Gasteiger partial charge in [-0.1, -0.05) is 34.3 Å². The van der Waals surface area contributed by atoms with Gasteiger partial charge in [-0.2, -0.15) is 0 Å². The van der Waals surface area contributed by atoms with Crippen molar-refractivity contribution in [1.82, 2.24) is 19.1 Å². The van der Waals surface area contributed by atoms with Crippen LogP contribution in [0.25, 0.3) is 0 Å². The number of rotatable bonds is 3. The van der Waals surface area contributed by atoms with Gasteiger partial charge >= 0.3 is 6.03 Å². The third kappa shape index (κ3) is 3.87. The predicted octanol–water partition coefficient (Wildman–Crippen LogP) is 3.26. The van der Waals surface area contributed by atoms with Crippen molar-refractivity contribution in [3.8, 4) is 0 Å². The number of aromatic nitrogens is 3. The Morgan fingerprint density at radius 2 is 1.91 bits per heavy atom. The monoisotopic (exact) mass is 470 g/mol. The molecule has 164 valence electrons. The van der Waals surface area contributed by atoms with Crippen LogP contribution >= 0.6 is 23.1 Å². The van der Waals surface area contributed by atoms with Crippen LogP contribution in [0.3, 0.4) is 0 Å². The Kier molecular flexibility index (Phi) is 5.40. The molecule has 3 amide bonds. The van der Waals surface area contributed by atoms with Crippen LogP contribution < -0.4 is 16.2 Å². The Balaban J connectivity index is 1.31. The van der Waals surface area contributed by atoms with Crippen LogP contribution in [-0.2, 0) is 6.54 Å². The number of hydrogen-bond donors (Lipinski definition) is 2. The Hall–Kier alpha value is -3.24. The zero-order valence-electron chi connectivity index (χ0n) is 16.8. The molecule has 2 aliphatic rings. The number of piperidine rings is 1. The molecule has 9 nitrogen and oxygen atoms in total. The molecule has 11 heteroatoms. The largest absolute Gasteiger partial charge is 0.336 e. The third-order valence-corrected chi connectivity index (χ3v) is 6.78. The third-order valence-electron chi connectivity index (χ3n) is 5.81. The quantitative estimate of drug-likeness (QED) is 0.610. The van der Waals surface area contributed by atoms with Crippen LogP contribution in [-0.4, -0.2) is 44.1 Å². The summed E-state index contributed by atoms with van der Waals surface area (Å²) in [6, 6.07) is 11.6.